The van der Waals surface area contributed by atoms with Crippen LogP contribution in [0.1, 0.15) is 25.8 Å². The lowest BCUT2D eigenvalue weighted by Gasteiger charge is -2.05. The predicted octanol–water partition coefficient (Wildman–Crippen LogP) is 2.91. The van der Waals surface area contributed by atoms with Gasteiger partial charge >= 0.3 is 0 Å². The molecule has 0 aromatic heterocycles. The summed E-state index contributed by atoms with van der Waals surface area (Å²) in [5.74, 6) is 0.930. The molecule has 0 unspecified atom stereocenters. The van der Waals surface area contributed by atoms with Crippen molar-refractivity contribution in [1.29, 1.82) is 0 Å². The van der Waals surface area contributed by atoms with Crippen molar-refractivity contribution < 1.29 is 4.74 Å². The first-order valence-corrected chi connectivity index (χ1v) is 4.94. The number of benzene rings is 1. The third-order valence-electron chi connectivity index (χ3n) is 2.08. The van der Waals surface area contributed by atoms with Crippen molar-refractivity contribution in [3.63, 3.8) is 0 Å². The van der Waals surface area contributed by atoms with Gasteiger partial charge in [0, 0.05) is 12.8 Å². The van der Waals surface area contributed by atoms with E-state index in [-0.39, 0.29) is 0 Å². The maximum Gasteiger partial charge on any atom is 0.119 e. The zero-order chi connectivity index (χ0) is 10.4. The van der Waals surface area contributed by atoms with Gasteiger partial charge in [-0.25, -0.2) is 0 Å². The van der Waals surface area contributed by atoms with Gasteiger partial charge in [-0.15, -0.1) is 0 Å². The molecule has 0 atom stereocenters. The Kier molecular flexibility index (Phi) is 4.17. The Bertz CT molecular complexity index is 301. The minimum absolute atomic E-state index is 0.778. The summed E-state index contributed by atoms with van der Waals surface area (Å²) in [7, 11) is 1.80. The van der Waals surface area contributed by atoms with Crippen molar-refractivity contribution in [2.24, 2.45) is 4.99 Å². The summed E-state index contributed by atoms with van der Waals surface area (Å²) in [4.78, 5) is 4.13. The van der Waals surface area contributed by atoms with Gasteiger partial charge in [0.15, 0.2) is 0 Å². The summed E-state index contributed by atoms with van der Waals surface area (Å²) in [6, 6.07) is 8.04. The molecule has 0 heterocycles. The first kappa shape index (κ1) is 10.8. The summed E-state index contributed by atoms with van der Waals surface area (Å²) < 4.78 is 5.48. The van der Waals surface area contributed by atoms with Crippen LogP contribution in [0.25, 0.3) is 0 Å². The number of aliphatic imine (C=N–C) groups is 1. The Morgan fingerprint density at radius 3 is 2.43 bits per heavy atom. The molecule has 76 valence electrons. The van der Waals surface area contributed by atoms with Crippen molar-refractivity contribution in [1.82, 2.24) is 0 Å². The molecule has 2 nitrogen and oxygen atoms in total. The number of ether oxygens (including phenoxy) is 1. The topological polar surface area (TPSA) is 21.6 Å². The molecule has 0 spiro atoms. The second kappa shape index (κ2) is 5.43. The van der Waals surface area contributed by atoms with Crippen LogP contribution in [0.4, 0.5) is 0 Å². The van der Waals surface area contributed by atoms with Crippen LogP contribution in [0.15, 0.2) is 29.3 Å². The highest BCUT2D eigenvalue weighted by molar-refractivity contribution is 5.98. The molecule has 0 saturated carbocycles. The van der Waals surface area contributed by atoms with E-state index in [2.05, 4.69) is 11.9 Å². The Morgan fingerprint density at radius 2 is 1.93 bits per heavy atom. The quantitative estimate of drug-likeness (QED) is 0.670. The van der Waals surface area contributed by atoms with Gasteiger partial charge in [-0.05, 0) is 43.2 Å². The molecule has 0 bridgehead atoms. The Balaban J connectivity index is 2.68. The Labute approximate surface area is 85.6 Å². The fraction of sp³-hybridized carbons (Fsp3) is 0.417. The molecule has 0 aliphatic rings. The van der Waals surface area contributed by atoms with E-state index in [1.807, 2.05) is 31.2 Å². The van der Waals surface area contributed by atoms with E-state index in [9.17, 15) is 0 Å². The molecule has 0 aliphatic carbocycles. The van der Waals surface area contributed by atoms with E-state index in [0.29, 0.717) is 0 Å². The average Bonchev–Trinajstić information content (AvgIpc) is 2.26. The van der Waals surface area contributed by atoms with Crippen molar-refractivity contribution >= 4 is 5.71 Å². The van der Waals surface area contributed by atoms with E-state index in [1.54, 1.807) is 7.05 Å². The molecular weight excluding hydrogens is 174 g/mol. The molecule has 0 radical (unpaired) electrons. The van der Waals surface area contributed by atoms with Gasteiger partial charge in [0.1, 0.15) is 5.75 Å². The van der Waals surface area contributed by atoms with E-state index >= 15 is 0 Å². The first-order valence-electron chi connectivity index (χ1n) is 4.94. The van der Waals surface area contributed by atoms with Crippen LogP contribution in [-0.2, 0) is 0 Å². The molecule has 0 N–H and O–H groups in total. The maximum atomic E-state index is 5.48. The molecule has 1 rings (SSSR count). The van der Waals surface area contributed by atoms with E-state index < -0.39 is 0 Å². The molecule has 0 saturated heterocycles. The fourth-order valence-electron chi connectivity index (χ4n) is 1.14. The Hall–Kier alpha value is -1.31. The average molecular weight is 191 g/mol. The smallest absolute Gasteiger partial charge is 0.119 e. The molecule has 14 heavy (non-hydrogen) atoms. The highest BCUT2D eigenvalue weighted by Crippen LogP contribution is 2.12. The SMILES string of the molecule is CCCOc1ccc(C(C)=NC)cc1. The summed E-state index contributed by atoms with van der Waals surface area (Å²) >= 11 is 0. The third kappa shape index (κ3) is 2.87. The van der Waals surface area contributed by atoms with Gasteiger partial charge in [0.05, 0.1) is 6.61 Å². The van der Waals surface area contributed by atoms with Crippen LogP contribution in [0.2, 0.25) is 0 Å². The van der Waals surface area contributed by atoms with Crippen molar-refractivity contribution in [2.75, 3.05) is 13.7 Å². The number of nitrogens with zero attached hydrogens (tertiary/aromatic N) is 1. The molecule has 0 amide bonds. The van der Waals surface area contributed by atoms with Gasteiger partial charge in [0.25, 0.3) is 0 Å². The molecule has 1 aromatic rings. The highest BCUT2D eigenvalue weighted by atomic mass is 16.5. The van der Waals surface area contributed by atoms with Crippen molar-refractivity contribution in [2.45, 2.75) is 20.3 Å². The zero-order valence-corrected chi connectivity index (χ0v) is 9.08. The minimum Gasteiger partial charge on any atom is -0.494 e. The van der Waals surface area contributed by atoms with Gasteiger partial charge in [-0.1, -0.05) is 6.92 Å². The Morgan fingerprint density at radius 1 is 1.29 bits per heavy atom. The van der Waals surface area contributed by atoms with Crippen molar-refractivity contribution in [3.8, 4) is 5.75 Å². The van der Waals surface area contributed by atoms with Crippen LogP contribution < -0.4 is 4.74 Å². The molecule has 2 heteroatoms. The van der Waals surface area contributed by atoms with Gasteiger partial charge in [-0.3, -0.25) is 4.99 Å². The van der Waals surface area contributed by atoms with Gasteiger partial charge in [-0.2, -0.15) is 0 Å². The van der Waals surface area contributed by atoms with Gasteiger partial charge in [0.2, 0.25) is 0 Å². The molecule has 0 fully saturated rings. The van der Waals surface area contributed by atoms with Crippen LogP contribution in [0, 0.1) is 0 Å². The summed E-state index contributed by atoms with van der Waals surface area (Å²) in [5, 5.41) is 0. The number of hydrogen-bond acceptors (Lipinski definition) is 2. The second-order valence-electron chi connectivity index (χ2n) is 3.18. The molecular formula is C12H17NO. The lowest BCUT2D eigenvalue weighted by atomic mass is 10.1. The first-order chi connectivity index (χ1) is 6.77. The van der Waals surface area contributed by atoms with Crippen molar-refractivity contribution in [3.05, 3.63) is 29.8 Å². The van der Waals surface area contributed by atoms with Crippen LogP contribution in [-0.4, -0.2) is 19.4 Å². The highest BCUT2D eigenvalue weighted by Gasteiger charge is 1.96. The summed E-state index contributed by atoms with van der Waals surface area (Å²) in [6.07, 6.45) is 1.04. The van der Waals surface area contributed by atoms with Crippen LogP contribution in [0.3, 0.4) is 0 Å². The van der Waals surface area contributed by atoms with Gasteiger partial charge < -0.3 is 4.74 Å². The van der Waals surface area contributed by atoms with Crippen LogP contribution in [0.5, 0.6) is 5.75 Å². The summed E-state index contributed by atoms with van der Waals surface area (Å²) in [6.45, 7) is 4.88. The maximum absolute atomic E-state index is 5.48. The predicted molar refractivity (Wildman–Crippen MR) is 60.4 cm³/mol. The van der Waals surface area contributed by atoms with E-state index in [4.69, 9.17) is 4.74 Å². The largest absolute Gasteiger partial charge is 0.494 e. The second-order valence-corrected chi connectivity index (χ2v) is 3.18. The zero-order valence-electron chi connectivity index (χ0n) is 9.08. The summed E-state index contributed by atoms with van der Waals surface area (Å²) in [5.41, 5.74) is 2.20. The molecule has 0 aliphatic heterocycles. The lowest BCUT2D eigenvalue weighted by molar-refractivity contribution is 0.317. The van der Waals surface area contributed by atoms with E-state index in [0.717, 1.165) is 30.1 Å². The fourth-order valence-corrected chi connectivity index (χ4v) is 1.14. The monoisotopic (exact) mass is 191 g/mol. The normalized spacial score (nSPS) is 11.5. The lowest BCUT2D eigenvalue weighted by Crippen LogP contribution is -1.97. The van der Waals surface area contributed by atoms with Crippen LogP contribution >= 0.6 is 0 Å². The van der Waals surface area contributed by atoms with E-state index in [1.165, 1.54) is 0 Å². The standard InChI is InChI=1S/C12H17NO/c1-4-9-14-12-7-5-11(6-8-12)10(2)13-3/h5-8H,4,9H2,1-3H3. The number of rotatable bonds is 4. The third-order valence-corrected chi connectivity index (χ3v) is 2.08. The minimum atomic E-state index is 0.778. The molecule has 1 aromatic carbocycles. The number of hydrogen-bond donors (Lipinski definition) is 0.